The van der Waals surface area contributed by atoms with Crippen LogP contribution in [0.1, 0.15) is 30.1 Å². The second-order valence-electron chi connectivity index (χ2n) is 3.63. The van der Waals surface area contributed by atoms with Crippen molar-refractivity contribution in [2.45, 2.75) is 19.8 Å². The van der Waals surface area contributed by atoms with Crippen molar-refractivity contribution in [2.24, 2.45) is 0 Å². The van der Waals surface area contributed by atoms with Gasteiger partial charge in [-0.15, -0.1) is 0 Å². The predicted molar refractivity (Wildman–Crippen MR) is 67.1 cm³/mol. The summed E-state index contributed by atoms with van der Waals surface area (Å²) in [5.74, 6) is 0.0525. The van der Waals surface area contributed by atoms with E-state index in [1.165, 1.54) is 12.3 Å². The van der Waals surface area contributed by atoms with E-state index in [0.29, 0.717) is 12.0 Å². The SMILES string of the molecule is CCS(=O)(=O)CCCC(=O)c1ccnc(Cl)c1. The maximum atomic E-state index is 11.7. The zero-order valence-electron chi connectivity index (χ0n) is 9.52. The first-order chi connectivity index (χ1) is 7.94. The van der Waals surface area contributed by atoms with Gasteiger partial charge in [-0.2, -0.15) is 0 Å². The van der Waals surface area contributed by atoms with Crippen molar-refractivity contribution < 1.29 is 13.2 Å². The molecule has 0 saturated carbocycles. The summed E-state index contributed by atoms with van der Waals surface area (Å²) in [6, 6.07) is 3.06. The van der Waals surface area contributed by atoms with Crippen molar-refractivity contribution in [1.29, 1.82) is 0 Å². The fraction of sp³-hybridized carbons (Fsp3) is 0.455. The first-order valence-corrected chi connectivity index (χ1v) is 7.49. The second-order valence-corrected chi connectivity index (χ2v) is 6.49. The third-order valence-corrected chi connectivity index (χ3v) is 4.34. The number of pyridine rings is 1. The van der Waals surface area contributed by atoms with Gasteiger partial charge in [-0.1, -0.05) is 18.5 Å². The van der Waals surface area contributed by atoms with Crippen LogP contribution in [0.2, 0.25) is 5.15 Å². The zero-order valence-corrected chi connectivity index (χ0v) is 11.1. The summed E-state index contributed by atoms with van der Waals surface area (Å²) in [5, 5.41) is 0.261. The number of carbonyl (C=O) groups excluding carboxylic acids is 1. The first kappa shape index (κ1) is 14.1. The number of rotatable bonds is 6. The molecule has 1 heterocycles. The molecule has 0 aliphatic rings. The number of Topliss-reactive ketones (excluding diaryl/α,β-unsaturated/α-hetero) is 1. The standard InChI is InChI=1S/C11H14ClNO3S/c1-2-17(15,16)7-3-4-10(14)9-5-6-13-11(12)8-9/h5-6,8H,2-4,7H2,1H3. The van der Waals surface area contributed by atoms with Crippen LogP contribution in [0.15, 0.2) is 18.3 Å². The largest absolute Gasteiger partial charge is 0.294 e. The topological polar surface area (TPSA) is 64.1 Å². The minimum absolute atomic E-state index is 0.0497. The van der Waals surface area contributed by atoms with E-state index in [4.69, 9.17) is 11.6 Å². The molecule has 6 heteroatoms. The van der Waals surface area contributed by atoms with Crippen molar-refractivity contribution in [2.75, 3.05) is 11.5 Å². The van der Waals surface area contributed by atoms with Crippen molar-refractivity contribution in [1.82, 2.24) is 4.98 Å². The Morgan fingerprint density at radius 2 is 2.18 bits per heavy atom. The van der Waals surface area contributed by atoms with Crippen LogP contribution in [-0.4, -0.2) is 30.7 Å². The molecule has 0 radical (unpaired) electrons. The third-order valence-electron chi connectivity index (χ3n) is 2.35. The average molecular weight is 276 g/mol. The Bertz CT molecular complexity index is 499. The molecule has 0 aromatic carbocycles. The summed E-state index contributed by atoms with van der Waals surface area (Å²) in [4.78, 5) is 15.5. The molecule has 94 valence electrons. The fourth-order valence-corrected chi connectivity index (χ4v) is 2.36. The predicted octanol–water partition coefficient (Wildman–Crippen LogP) is 2.13. The number of halogens is 1. The molecule has 0 amide bonds. The molecular weight excluding hydrogens is 262 g/mol. The summed E-state index contributed by atoms with van der Waals surface area (Å²) in [5.41, 5.74) is 0.471. The summed E-state index contributed by atoms with van der Waals surface area (Å²) >= 11 is 5.66. The lowest BCUT2D eigenvalue weighted by molar-refractivity contribution is 0.0982. The highest BCUT2D eigenvalue weighted by atomic mass is 35.5. The lowest BCUT2D eigenvalue weighted by Crippen LogP contribution is -2.10. The summed E-state index contributed by atoms with van der Waals surface area (Å²) in [6.07, 6.45) is 2.01. The van der Waals surface area contributed by atoms with E-state index in [1.807, 2.05) is 0 Å². The number of sulfone groups is 1. The number of hydrogen-bond acceptors (Lipinski definition) is 4. The molecule has 0 aliphatic carbocycles. The van der Waals surface area contributed by atoms with E-state index < -0.39 is 9.84 Å². The van der Waals surface area contributed by atoms with Gasteiger partial charge in [0.15, 0.2) is 5.78 Å². The lowest BCUT2D eigenvalue weighted by Gasteiger charge is -2.02. The molecule has 0 unspecified atom stereocenters. The fourth-order valence-electron chi connectivity index (χ4n) is 1.32. The van der Waals surface area contributed by atoms with Gasteiger partial charge < -0.3 is 0 Å². The highest BCUT2D eigenvalue weighted by Gasteiger charge is 2.11. The minimum atomic E-state index is -3.00. The van der Waals surface area contributed by atoms with Gasteiger partial charge in [0, 0.05) is 23.9 Å². The quantitative estimate of drug-likeness (QED) is 0.589. The van der Waals surface area contributed by atoms with Crippen molar-refractivity contribution in [3.05, 3.63) is 29.0 Å². The molecule has 1 rings (SSSR count). The molecule has 0 fully saturated rings. The molecule has 0 bridgehead atoms. The Morgan fingerprint density at radius 3 is 2.76 bits per heavy atom. The molecular formula is C11H14ClNO3S. The minimum Gasteiger partial charge on any atom is -0.294 e. The van der Waals surface area contributed by atoms with Gasteiger partial charge in [0.05, 0.1) is 5.75 Å². The van der Waals surface area contributed by atoms with Crippen LogP contribution in [0, 0.1) is 0 Å². The Hall–Kier alpha value is -0.940. The molecule has 0 N–H and O–H groups in total. The van der Waals surface area contributed by atoms with Gasteiger partial charge in [-0.3, -0.25) is 4.79 Å². The number of nitrogens with zero attached hydrogens (tertiary/aromatic N) is 1. The smallest absolute Gasteiger partial charge is 0.163 e. The Kier molecular flexibility index (Phi) is 5.08. The van der Waals surface area contributed by atoms with Crippen LogP contribution in [0.25, 0.3) is 0 Å². The zero-order chi connectivity index (χ0) is 12.9. The third kappa shape index (κ3) is 4.83. The van der Waals surface area contributed by atoms with E-state index >= 15 is 0 Å². The van der Waals surface area contributed by atoms with Crippen LogP contribution in [0.4, 0.5) is 0 Å². The normalized spacial score (nSPS) is 11.4. The van der Waals surface area contributed by atoms with Crippen molar-refractivity contribution >= 4 is 27.2 Å². The molecule has 1 aromatic heterocycles. The average Bonchev–Trinajstić information content (AvgIpc) is 2.28. The highest BCUT2D eigenvalue weighted by molar-refractivity contribution is 7.91. The Labute approximate surface area is 106 Å². The van der Waals surface area contributed by atoms with Crippen LogP contribution in [0.5, 0.6) is 0 Å². The summed E-state index contributed by atoms with van der Waals surface area (Å²) in [6.45, 7) is 1.60. The van der Waals surface area contributed by atoms with Gasteiger partial charge in [0.2, 0.25) is 0 Å². The molecule has 0 aliphatic heterocycles. The van der Waals surface area contributed by atoms with Gasteiger partial charge in [-0.25, -0.2) is 13.4 Å². The Morgan fingerprint density at radius 1 is 1.47 bits per heavy atom. The molecule has 4 nitrogen and oxygen atoms in total. The summed E-state index contributed by atoms with van der Waals surface area (Å²) in [7, 11) is -3.00. The van der Waals surface area contributed by atoms with E-state index in [0.717, 1.165) is 0 Å². The maximum Gasteiger partial charge on any atom is 0.163 e. The van der Waals surface area contributed by atoms with Crippen LogP contribution in [-0.2, 0) is 9.84 Å². The summed E-state index contributed by atoms with van der Waals surface area (Å²) < 4.78 is 22.5. The van der Waals surface area contributed by atoms with Crippen LogP contribution >= 0.6 is 11.6 Å². The van der Waals surface area contributed by atoms with Crippen molar-refractivity contribution in [3.8, 4) is 0 Å². The maximum absolute atomic E-state index is 11.7. The number of carbonyl (C=O) groups is 1. The van der Waals surface area contributed by atoms with Gasteiger partial charge >= 0.3 is 0 Å². The second kappa shape index (κ2) is 6.12. The monoisotopic (exact) mass is 275 g/mol. The molecule has 0 spiro atoms. The first-order valence-electron chi connectivity index (χ1n) is 5.30. The molecule has 1 aromatic rings. The lowest BCUT2D eigenvalue weighted by atomic mass is 10.1. The molecule has 0 saturated heterocycles. The number of aromatic nitrogens is 1. The number of ketones is 1. The van der Waals surface area contributed by atoms with Crippen LogP contribution in [0.3, 0.4) is 0 Å². The highest BCUT2D eigenvalue weighted by Crippen LogP contribution is 2.10. The van der Waals surface area contributed by atoms with Crippen molar-refractivity contribution in [3.63, 3.8) is 0 Å². The van der Waals surface area contributed by atoms with E-state index in [-0.39, 0.29) is 28.9 Å². The molecule has 0 atom stereocenters. The Balaban J connectivity index is 2.51. The molecule has 17 heavy (non-hydrogen) atoms. The van der Waals surface area contributed by atoms with E-state index in [2.05, 4.69) is 4.98 Å². The van der Waals surface area contributed by atoms with E-state index in [9.17, 15) is 13.2 Å². The van der Waals surface area contributed by atoms with Crippen LogP contribution < -0.4 is 0 Å². The van der Waals surface area contributed by atoms with Gasteiger partial charge in [-0.05, 0) is 18.6 Å². The van der Waals surface area contributed by atoms with E-state index in [1.54, 1.807) is 13.0 Å². The van der Waals surface area contributed by atoms with Gasteiger partial charge in [0.25, 0.3) is 0 Å². The van der Waals surface area contributed by atoms with Gasteiger partial charge in [0.1, 0.15) is 15.0 Å². The number of hydrogen-bond donors (Lipinski definition) is 0.